The minimum atomic E-state index is -0.710. The van der Waals surface area contributed by atoms with Gasteiger partial charge in [0.2, 0.25) is 5.91 Å². The van der Waals surface area contributed by atoms with Gasteiger partial charge in [-0.05, 0) is 37.7 Å². The van der Waals surface area contributed by atoms with Gasteiger partial charge in [0.05, 0.1) is 0 Å². The molecule has 0 heterocycles. The Bertz CT molecular complexity index is 639. The normalized spacial score (nSPS) is 29.7. The molecule has 0 aromatic carbocycles. The second kappa shape index (κ2) is 12.9. The Hall–Kier alpha value is -1.65. The van der Waals surface area contributed by atoms with Crippen LogP contribution in [0.3, 0.4) is 0 Å². The first-order chi connectivity index (χ1) is 14.7. The van der Waals surface area contributed by atoms with Crippen molar-refractivity contribution in [3.8, 4) is 0 Å². The van der Waals surface area contributed by atoms with Gasteiger partial charge < -0.3 is 10.4 Å². The highest BCUT2D eigenvalue weighted by Gasteiger charge is 2.28. The van der Waals surface area contributed by atoms with Crippen LogP contribution in [0.2, 0.25) is 0 Å². The minimum Gasteiger partial charge on any atom is -0.374 e. The molecule has 3 N–H and O–H groups in total. The molecule has 0 bridgehead atoms. The molecule has 4 nitrogen and oxygen atoms in total. The Balaban J connectivity index is 1.53. The molecule has 1 amide bonds. The zero-order valence-corrected chi connectivity index (χ0v) is 18.4. The van der Waals surface area contributed by atoms with Gasteiger partial charge >= 0.3 is 0 Å². The zero-order valence-electron chi connectivity index (χ0n) is 18.4. The average Bonchev–Trinajstić information content (AvgIpc) is 2.85. The lowest BCUT2D eigenvalue weighted by Gasteiger charge is -2.26. The first-order valence-electron chi connectivity index (χ1n) is 12.2. The van der Waals surface area contributed by atoms with E-state index in [9.17, 15) is 9.90 Å². The van der Waals surface area contributed by atoms with E-state index in [-0.39, 0.29) is 17.9 Å². The summed E-state index contributed by atoms with van der Waals surface area (Å²) in [4.78, 5) is 13.1. The van der Waals surface area contributed by atoms with Crippen LogP contribution in [0.4, 0.5) is 0 Å². The van der Waals surface area contributed by atoms with Crippen LogP contribution in [0.25, 0.3) is 0 Å². The van der Waals surface area contributed by atoms with E-state index in [1.165, 1.54) is 38.5 Å². The first-order valence-corrected chi connectivity index (χ1v) is 12.2. The maximum Gasteiger partial charge on any atom is 0.223 e. The standard InChI is InChI=1S/C26H40N2O2/c29-25(21-14-8-4-3-5-9-15-21)28-24-19-13-12-16-22(20-24)26(30)27-23-17-10-6-1-2-7-11-18-23/h3-5,8-9,14-15,22-25,28-29H,1-2,6-7,10-13,16-20H2,(H,27,30)/b4-3-,5-3?,8-4?,9-5-,14-8?,15-9?,21-14?,21-15?. The molecule has 0 radical (unpaired) electrons. The number of allylic oxidation sites excluding steroid dienone is 6. The van der Waals surface area contributed by atoms with Crippen molar-refractivity contribution in [2.45, 2.75) is 102 Å². The first kappa shape index (κ1) is 23.0. The number of carbonyl (C=O) groups is 1. The predicted octanol–water partition coefficient (Wildman–Crippen LogP) is 5.07. The molecule has 0 aromatic heterocycles. The smallest absolute Gasteiger partial charge is 0.223 e. The summed E-state index contributed by atoms with van der Waals surface area (Å²) in [5, 5.41) is 17.5. The fourth-order valence-corrected chi connectivity index (χ4v) is 4.93. The molecule has 30 heavy (non-hydrogen) atoms. The van der Waals surface area contributed by atoms with Crippen LogP contribution in [0.5, 0.6) is 0 Å². The Kier molecular flexibility index (Phi) is 9.91. The molecule has 3 aliphatic carbocycles. The van der Waals surface area contributed by atoms with Gasteiger partial charge in [0.15, 0.2) is 0 Å². The summed E-state index contributed by atoms with van der Waals surface area (Å²) in [6.07, 6.45) is 27.9. The number of rotatable bonds is 5. The number of aliphatic hydroxyl groups excluding tert-OH is 1. The largest absolute Gasteiger partial charge is 0.374 e. The van der Waals surface area contributed by atoms with Gasteiger partial charge in [-0.25, -0.2) is 0 Å². The molecule has 3 atom stereocenters. The maximum atomic E-state index is 13.1. The number of hydrogen-bond donors (Lipinski definition) is 3. The summed E-state index contributed by atoms with van der Waals surface area (Å²) < 4.78 is 0. The number of amides is 1. The van der Waals surface area contributed by atoms with Crippen molar-refractivity contribution in [1.29, 1.82) is 0 Å². The van der Waals surface area contributed by atoms with E-state index in [0.29, 0.717) is 6.04 Å². The van der Waals surface area contributed by atoms with E-state index in [2.05, 4.69) is 10.6 Å². The third kappa shape index (κ3) is 7.88. The number of aliphatic hydroxyl groups is 1. The molecular formula is C26H40N2O2. The third-order valence-electron chi connectivity index (χ3n) is 6.73. The fraction of sp³-hybridized carbons (Fsp3) is 0.654. The van der Waals surface area contributed by atoms with E-state index in [1.54, 1.807) is 0 Å². The van der Waals surface area contributed by atoms with Crippen LogP contribution < -0.4 is 10.6 Å². The van der Waals surface area contributed by atoms with Crippen molar-refractivity contribution in [3.05, 3.63) is 48.1 Å². The molecule has 2 saturated carbocycles. The second-order valence-corrected chi connectivity index (χ2v) is 9.18. The minimum absolute atomic E-state index is 0.0505. The van der Waals surface area contributed by atoms with E-state index in [1.807, 2.05) is 42.5 Å². The van der Waals surface area contributed by atoms with Crippen molar-refractivity contribution in [2.24, 2.45) is 5.92 Å². The highest BCUT2D eigenvalue weighted by Crippen LogP contribution is 2.25. The van der Waals surface area contributed by atoms with E-state index in [0.717, 1.165) is 50.5 Å². The van der Waals surface area contributed by atoms with Gasteiger partial charge in [-0.2, -0.15) is 0 Å². The molecule has 0 aromatic rings. The highest BCUT2D eigenvalue weighted by molar-refractivity contribution is 5.79. The second-order valence-electron chi connectivity index (χ2n) is 9.18. The van der Waals surface area contributed by atoms with Crippen LogP contribution in [0, 0.1) is 5.92 Å². The molecular weight excluding hydrogens is 372 g/mol. The molecule has 2 fully saturated rings. The Morgan fingerprint density at radius 2 is 1.40 bits per heavy atom. The van der Waals surface area contributed by atoms with Gasteiger partial charge in [0, 0.05) is 18.0 Å². The average molecular weight is 413 g/mol. The lowest BCUT2D eigenvalue weighted by atomic mass is 9.95. The highest BCUT2D eigenvalue weighted by atomic mass is 16.3. The lowest BCUT2D eigenvalue weighted by molar-refractivity contribution is -0.126. The van der Waals surface area contributed by atoms with Crippen molar-refractivity contribution in [2.75, 3.05) is 0 Å². The van der Waals surface area contributed by atoms with E-state index in [4.69, 9.17) is 0 Å². The van der Waals surface area contributed by atoms with Crippen LogP contribution in [0.15, 0.2) is 48.1 Å². The van der Waals surface area contributed by atoms with E-state index >= 15 is 0 Å². The molecule has 3 aliphatic rings. The van der Waals surface area contributed by atoms with Crippen LogP contribution in [0.1, 0.15) is 83.5 Å². The van der Waals surface area contributed by atoms with Crippen molar-refractivity contribution >= 4 is 5.91 Å². The molecule has 4 heteroatoms. The molecule has 0 saturated heterocycles. The summed E-state index contributed by atoms with van der Waals surface area (Å²) in [7, 11) is 0. The number of carbonyl (C=O) groups excluding carboxylic acids is 1. The predicted molar refractivity (Wildman–Crippen MR) is 124 cm³/mol. The van der Waals surface area contributed by atoms with Gasteiger partial charge in [0.25, 0.3) is 0 Å². The molecule has 3 rings (SSSR count). The Morgan fingerprint density at radius 3 is 2.20 bits per heavy atom. The zero-order chi connectivity index (χ0) is 21.0. The molecule has 0 spiro atoms. The SMILES string of the molecule is O=C(NC1CCCCCCCC1)C1CCCCC(NC(O)C2=C/C=C\C=C/C=C2)C1. The summed E-state index contributed by atoms with van der Waals surface area (Å²) in [5.74, 6) is 0.287. The lowest BCUT2D eigenvalue weighted by Crippen LogP contribution is -2.43. The maximum absolute atomic E-state index is 13.1. The molecule has 166 valence electrons. The summed E-state index contributed by atoms with van der Waals surface area (Å²) in [6.45, 7) is 0. The Morgan fingerprint density at radius 1 is 0.800 bits per heavy atom. The van der Waals surface area contributed by atoms with E-state index < -0.39 is 6.23 Å². The summed E-state index contributed by atoms with van der Waals surface area (Å²) in [5.41, 5.74) is 0.853. The molecule has 3 unspecified atom stereocenters. The van der Waals surface area contributed by atoms with Gasteiger partial charge in [-0.1, -0.05) is 93.9 Å². The van der Waals surface area contributed by atoms with Gasteiger partial charge in [-0.15, -0.1) is 0 Å². The molecule has 0 aliphatic heterocycles. The quantitative estimate of drug-likeness (QED) is 0.436. The summed E-state index contributed by atoms with van der Waals surface area (Å²) >= 11 is 0. The van der Waals surface area contributed by atoms with Crippen LogP contribution in [-0.4, -0.2) is 29.3 Å². The monoisotopic (exact) mass is 412 g/mol. The topological polar surface area (TPSA) is 61.4 Å². The number of hydrogen-bond acceptors (Lipinski definition) is 3. The van der Waals surface area contributed by atoms with Crippen molar-refractivity contribution in [1.82, 2.24) is 10.6 Å². The van der Waals surface area contributed by atoms with Crippen LogP contribution >= 0.6 is 0 Å². The van der Waals surface area contributed by atoms with Crippen molar-refractivity contribution in [3.63, 3.8) is 0 Å². The third-order valence-corrected chi connectivity index (χ3v) is 6.73. The van der Waals surface area contributed by atoms with Crippen molar-refractivity contribution < 1.29 is 9.90 Å². The number of nitrogens with one attached hydrogen (secondary N) is 2. The Labute approximate surface area is 182 Å². The van der Waals surface area contributed by atoms with Gasteiger partial charge in [-0.3, -0.25) is 10.1 Å². The summed E-state index contributed by atoms with van der Waals surface area (Å²) in [6, 6.07) is 0.513. The van der Waals surface area contributed by atoms with Gasteiger partial charge in [0.1, 0.15) is 6.23 Å². The van der Waals surface area contributed by atoms with Crippen LogP contribution in [-0.2, 0) is 4.79 Å². The fourth-order valence-electron chi connectivity index (χ4n) is 4.93.